The number of ketones is 1. The highest BCUT2D eigenvalue weighted by Crippen LogP contribution is 2.31. The average molecular weight is 330 g/mol. The molecule has 0 unspecified atom stereocenters. The third-order valence-corrected chi connectivity index (χ3v) is 4.58. The number of benzene rings is 1. The maximum absolute atomic E-state index is 12.7. The number of anilines is 2. The lowest BCUT2D eigenvalue weighted by Crippen LogP contribution is -2.22. The van der Waals surface area contributed by atoms with Gasteiger partial charge in [-0.2, -0.15) is 4.37 Å². The summed E-state index contributed by atoms with van der Waals surface area (Å²) in [5, 5.41) is 5.77. The maximum atomic E-state index is 12.7. The molecule has 1 aliphatic rings. The number of nitrogens with zero attached hydrogens (tertiary/aromatic N) is 2. The van der Waals surface area contributed by atoms with Gasteiger partial charge >= 0.3 is 6.03 Å². The second-order valence-corrected chi connectivity index (χ2v) is 6.50. The fourth-order valence-corrected chi connectivity index (χ4v) is 3.28. The molecule has 120 valence electrons. The van der Waals surface area contributed by atoms with Crippen LogP contribution in [-0.2, 0) is 0 Å². The largest absolute Gasteiger partial charge is 0.325 e. The van der Waals surface area contributed by atoms with E-state index in [1.807, 2.05) is 19.1 Å². The van der Waals surface area contributed by atoms with Gasteiger partial charge in [-0.25, -0.2) is 9.78 Å². The van der Waals surface area contributed by atoms with Gasteiger partial charge < -0.3 is 5.32 Å². The number of aromatic nitrogens is 2. The normalized spacial score (nSPS) is 14.7. The Labute approximate surface area is 138 Å². The van der Waals surface area contributed by atoms with Crippen LogP contribution in [0.15, 0.2) is 24.5 Å². The van der Waals surface area contributed by atoms with Gasteiger partial charge in [0.15, 0.2) is 5.78 Å². The van der Waals surface area contributed by atoms with Crippen LogP contribution in [0.25, 0.3) is 0 Å². The van der Waals surface area contributed by atoms with Gasteiger partial charge in [-0.15, -0.1) is 0 Å². The fraction of sp³-hybridized carbons (Fsp3) is 0.375. The Kier molecular flexibility index (Phi) is 4.66. The molecular formula is C16H18N4O2S. The molecule has 1 heterocycles. The van der Waals surface area contributed by atoms with Crippen LogP contribution >= 0.6 is 11.5 Å². The smallest absolute Gasteiger partial charge is 0.307 e. The molecule has 0 saturated heterocycles. The Bertz CT molecular complexity index is 709. The SMILES string of the molecule is Cc1ccc(NC(=O)Nc2ncns2)c(C(=O)C2CCCC2)c1. The maximum Gasteiger partial charge on any atom is 0.325 e. The Balaban J connectivity index is 1.78. The number of carbonyl (C=O) groups is 2. The van der Waals surface area contributed by atoms with E-state index in [1.165, 1.54) is 6.33 Å². The molecule has 3 rings (SSSR count). The predicted molar refractivity (Wildman–Crippen MR) is 90.0 cm³/mol. The van der Waals surface area contributed by atoms with Crippen LogP contribution in [0.4, 0.5) is 15.6 Å². The quantitative estimate of drug-likeness (QED) is 0.834. The highest BCUT2D eigenvalue weighted by molar-refractivity contribution is 7.09. The predicted octanol–water partition coefficient (Wildman–Crippen LogP) is 3.86. The topological polar surface area (TPSA) is 84.0 Å². The lowest BCUT2D eigenvalue weighted by atomic mass is 9.94. The van der Waals surface area contributed by atoms with E-state index in [1.54, 1.807) is 6.07 Å². The van der Waals surface area contributed by atoms with Crippen molar-refractivity contribution in [2.24, 2.45) is 5.92 Å². The van der Waals surface area contributed by atoms with Crippen LogP contribution in [0.3, 0.4) is 0 Å². The molecule has 7 heteroatoms. The Morgan fingerprint density at radius 2 is 2.00 bits per heavy atom. The van der Waals surface area contributed by atoms with E-state index in [0.29, 0.717) is 16.4 Å². The van der Waals surface area contributed by atoms with Crippen molar-refractivity contribution in [1.29, 1.82) is 0 Å². The molecule has 2 aromatic rings. The summed E-state index contributed by atoms with van der Waals surface area (Å²) in [6.45, 7) is 1.94. The second-order valence-electron chi connectivity index (χ2n) is 5.72. The molecule has 0 spiro atoms. The highest BCUT2D eigenvalue weighted by Gasteiger charge is 2.26. The first-order chi connectivity index (χ1) is 11.1. The summed E-state index contributed by atoms with van der Waals surface area (Å²) in [6.07, 6.45) is 5.44. The molecule has 2 amide bonds. The number of hydrogen-bond donors (Lipinski definition) is 2. The number of urea groups is 1. The lowest BCUT2D eigenvalue weighted by molar-refractivity contribution is 0.0923. The van der Waals surface area contributed by atoms with Gasteiger partial charge in [-0.05, 0) is 31.9 Å². The number of nitrogens with one attached hydrogen (secondary N) is 2. The number of hydrogen-bond acceptors (Lipinski definition) is 5. The van der Waals surface area contributed by atoms with E-state index < -0.39 is 6.03 Å². The zero-order chi connectivity index (χ0) is 16.2. The van der Waals surface area contributed by atoms with Crippen molar-refractivity contribution >= 4 is 34.2 Å². The summed E-state index contributed by atoms with van der Waals surface area (Å²) in [7, 11) is 0. The molecule has 23 heavy (non-hydrogen) atoms. The number of rotatable bonds is 4. The minimum absolute atomic E-state index is 0.0728. The average Bonchev–Trinajstić information content (AvgIpc) is 3.21. The van der Waals surface area contributed by atoms with E-state index in [-0.39, 0.29) is 11.7 Å². The van der Waals surface area contributed by atoms with Crippen LogP contribution < -0.4 is 10.6 Å². The number of aryl methyl sites for hydroxylation is 1. The zero-order valence-electron chi connectivity index (χ0n) is 12.8. The Morgan fingerprint density at radius 1 is 1.22 bits per heavy atom. The van der Waals surface area contributed by atoms with E-state index >= 15 is 0 Å². The van der Waals surface area contributed by atoms with Crippen LogP contribution in [0.5, 0.6) is 0 Å². The molecule has 1 aliphatic carbocycles. The van der Waals surface area contributed by atoms with Crippen LogP contribution in [-0.4, -0.2) is 21.2 Å². The van der Waals surface area contributed by atoms with Crippen molar-refractivity contribution < 1.29 is 9.59 Å². The summed E-state index contributed by atoms with van der Waals surface area (Å²) < 4.78 is 3.83. The third-order valence-electron chi connectivity index (χ3n) is 4.00. The first-order valence-corrected chi connectivity index (χ1v) is 8.40. The van der Waals surface area contributed by atoms with Gasteiger partial charge in [0.2, 0.25) is 5.13 Å². The minimum Gasteiger partial charge on any atom is -0.307 e. The van der Waals surface area contributed by atoms with Crippen molar-refractivity contribution in [1.82, 2.24) is 9.36 Å². The van der Waals surface area contributed by atoms with E-state index in [2.05, 4.69) is 20.0 Å². The fourth-order valence-electron chi connectivity index (χ4n) is 2.86. The monoisotopic (exact) mass is 330 g/mol. The highest BCUT2D eigenvalue weighted by atomic mass is 32.1. The van der Waals surface area contributed by atoms with Crippen molar-refractivity contribution in [3.05, 3.63) is 35.7 Å². The van der Waals surface area contributed by atoms with Gasteiger partial charge in [-0.1, -0.05) is 24.5 Å². The number of carbonyl (C=O) groups excluding carboxylic acids is 2. The molecule has 2 N–H and O–H groups in total. The summed E-state index contributed by atoms with van der Waals surface area (Å²) in [5.74, 6) is 0.195. The van der Waals surface area contributed by atoms with E-state index in [0.717, 1.165) is 42.8 Å². The van der Waals surface area contributed by atoms with E-state index in [4.69, 9.17) is 0 Å². The number of amides is 2. The summed E-state index contributed by atoms with van der Waals surface area (Å²) in [5.41, 5.74) is 2.13. The Hall–Kier alpha value is -2.28. The zero-order valence-corrected chi connectivity index (χ0v) is 13.7. The first kappa shape index (κ1) is 15.6. The van der Waals surface area contributed by atoms with Crippen molar-refractivity contribution in [3.8, 4) is 0 Å². The number of Topliss-reactive ketones (excluding diaryl/α,β-unsaturated/α-hetero) is 1. The van der Waals surface area contributed by atoms with Crippen molar-refractivity contribution in [2.45, 2.75) is 32.6 Å². The van der Waals surface area contributed by atoms with Crippen molar-refractivity contribution in [3.63, 3.8) is 0 Å². The summed E-state index contributed by atoms with van der Waals surface area (Å²) in [4.78, 5) is 28.7. The molecule has 1 aromatic carbocycles. The van der Waals surface area contributed by atoms with Gasteiger partial charge in [0.25, 0.3) is 0 Å². The molecule has 1 saturated carbocycles. The molecule has 6 nitrogen and oxygen atoms in total. The molecule has 0 atom stereocenters. The standard InChI is InChI=1S/C16H18N4O2S/c1-10-6-7-13(19-15(22)20-16-17-9-18-23-16)12(8-10)14(21)11-4-2-3-5-11/h6-9,11H,2-5H2,1H3,(H2,17,18,19,20,22). The third kappa shape index (κ3) is 3.73. The van der Waals surface area contributed by atoms with E-state index in [9.17, 15) is 9.59 Å². The lowest BCUT2D eigenvalue weighted by Gasteiger charge is -2.14. The van der Waals surface area contributed by atoms with Crippen LogP contribution in [0, 0.1) is 12.8 Å². The molecule has 0 aliphatic heterocycles. The molecule has 1 fully saturated rings. The Morgan fingerprint density at radius 3 is 2.70 bits per heavy atom. The van der Waals surface area contributed by atoms with Crippen LogP contribution in [0.1, 0.15) is 41.6 Å². The van der Waals surface area contributed by atoms with Gasteiger partial charge in [0, 0.05) is 23.0 Å². The summed E-state index contributed by atoms with van der Waals surface area (Å²) >= 11 is 1.10. The minimum atomic E-state index is -0.425. The molecule has 1 aromatic heterocycles. The molecule has 0 radical (unpaired) electrons. The van der Waals surface area contributed by atoms with Gasteiger partial charge in [0.05, 0.1) is 5.69 Å². The molecule has 0 bridgehead atoms. The van der Waals surface area contributed by atoms with Crippen molar-refractivity contribution in [2.75, 3.05) is 10.6 Å². The van der Waals surface area contributed by atoms with Gasteiger partial charge in [0.1, 0.15) is 6.33 Å². The first-order valence-electron chi connectivity index (χ1n) is 7.63. The van der Waals surface area contributed by atoms with Crippen LogP contribution in [0.2, 0.25) is 0 Å². The second kappa shape index (κ2) is 6.87. The molecular weight excluding hydrogens is 312 g/mol. The van der Waals surface area contributed by atoms with Gasteiger partial charge in [-0.3, -0.25) is 10.1 Å². The summed E-state index contributed by atoms with van der Waals surface area (Å²) in [6, 6.07) is 5.08.